The number of hydrogen-bond acceptors (Lipinski definition) is 12. The van der Waals surface area contributed by atoms with Gasteiger partial charge in [0, 0.05) is 79.5 Å². The molecule has 2 aromatic heterocycles. The van der Waals surface area contributed by atoms with Gasteiger partial charge in [-0.25, -0.2) is 14.4 Å². The zero-order valence-corrected chi connectivity index (χ0v) is 43.9. The molecule has 4 atom stereocenters. The van der Waals surface area contributed by atoms with Crippen molar-refractivity contribution in [2.75, 3.05) is 69.5 Å². The highest BCUT2D eigenvalue weighted by molar-refractivity contribution is 5.95. The average Bonchev–Trinajstić information content (AvgIpc) is 3.74. The molecule has 2 aliphatic heterocycles. The molecule has 5 aromatic rings. The number of nitrogens with zero attached hydrogens (tertiary/aromatic N) is 5. The van der Waals surface area contributed by atoms with Crippen molar-refractivity contribution < 1.29 is 46.5 Å². The number of aliphatic hydroxyl groups is 1. The van der Waals surface area contributed by atoms with Crippen molar-refractivity contribution in [2.45, 2.75) is 115 Å². The van der Waals surface area contributed by atoms with Crippen LogP contribution in [0.1, 0.15) is 91.8 Å². The second-order valence-electron chi connectivity index (χ2n) is 19.9. The van der Waals surface area contributed by atoms with Gasteiger partial charge in [-0.2, -0.15) is 13.2 Å². The lowest BCUT2D eigenvalue weighted by Gasteiger charge is -2.37. The van der Waals surface area contributed by atoms with Gasteiger partial charge in [0.15, 0.2) is 0 Å². The summed E-state index contributed by atoms with van der Waals surface area (Å²) in [6.45, 7) is 4.54. The Morgan fingerprint density at radius 3 is 2.49 bits per heavy atom. The number of carbonyl (C=O) groups excluding carboxylic acids is 3. The van der Waals surface area contributed by atoms with Crippen LogP contribution in [0, 0.1) is 17.8 Å². The quantitative estimate of drug-likeness (QED) is 0.0230. The summed E-state index contributed by atoms with van der Waals surface area (Å²) in [4.78, 5) is 51.3. The van der Waals surface area contributed by atoms with Crippen LogP contribution in [0.25, 0.3) is 10.9 Å². The molecule has 20 heteroatoms. The molecule has 3 aromatic carbocycles. The normalized spacial score (nSPS) is 17.9. The summed E-state index contributed by atoms with van der Waals surface area (Å²) in [6, 6.07) is 16.1. The molecule has 0 saturated carbocycles. The van der Waals surface area contributed by atoms with E-state index in [9.17, 15) is 37.1 Å². The van der Waals surface area contributed by atoms with Gasteiger partial charge in [0.2, 0.25) is 11.8 Å². The largest absolute Gasteiger partial charge is 0.495 e. The lowest BCUT2D eigenvalue weighted by atomic mass is 9.95. The third kappa shape index (κ3) is 15.5. The van der Waals surface area contributed by atoms with Crippen molar-refractivity contribution in [3.8, 4) is 23.3 Å². The minimum atomic E-state index is -4.50. The predicted octanol–water partition coefficient (Wildman–Crippen LogP) is 7.38. The van der Waals surface area contributed by atoms with Crippen LogP contribution in [0.15, 0.2) is 73.1 Å². The third-order valence-electron chi connectivity index (χ3n) is 13.7. The molecule has 0 aliphatic carbocycles. The van der Waals surface area contributed by atoms with Gasteiger partial charge in [-0.05, 0) is 92.6 Å². The Hall–Kier alpha value is -7.11. The average molecular weight is 1060 g/mol. The van der Waals surface area contributed by atoms with Crippen molar-refractivity contribution in [1.82, 2.24) is 35.4 Å². The lowest BCUT2D eigenvalue weighted by Crippen LogP contribution is -2.54. The van der Waals surface area contributed by atoms with Crippen LogP contribution in [0.4, 0.5) is 34.6 Å². The van der Waals surface area contributed by atoms with E-state index in [1.807, 2.05) is 55.9 Å². The fourth-order valence-corrected chi connectivity index (χ4v) is 9.68. The van der Waals surface area contributed by atoms with Crippen LogP contribution in [0.5, 0.6) is 11.5 Å². The smallest absolute Gasteiger partial charge is 0.406 e. The number of aromatic nitrogens is 3. The molecule has 0 radical (unpaired) electrons. The number of unbranched alkanes of at least 4 members (excludes halogenated alkanes) is 4. The number of amides is 3. The number of piperidine rings is 1. The first-order valence-corrected chi connectivity index (χ1v) is 25.9. The van der Waals surface area contributed by atoms with Crippen LogP contribution in [-0.2, 0) is 35.7 Å². The van der Waals surface area contributed by atoms with E-state index in [-0.39, 0.29) is 68.2 Å². The van der Waals surface area contributed by atoms with E-state index in [1.165, 1.54) is 7.11 Å². The number of alkyl halides is 4. The molecule has 1 saturated heterocycles. The fraction of sp³-hybridized carbons (Fsp3) is 0.482. The van der Waals surface area contributed by atoms with Gasteiger partial charge in [0.1, 0.15) is 42.7 Å². The summed E-state index contributed by atoms with van der Waals surface area (Å²) in [7, 11) is 5.22. The van der Waals surface area contributed by atoms with Crippen LogP contribution < -0.4 is 41.0 Å². The number of carbonyl (C=O) groups is 3. The summed E-state index contributed by atoms with van der Waals surface area (Å²) >= 11 is 0. The summed E-state index contributed by atoms with van der Waals surface area (Å²) in [5.41, 5.74) is 4.64. The molecular formula is C56H70F4N10O6. The van der Waals surface area contributed by atoms with Gasteiger partial charge < -0.3 is 55.5 Å². The number of hydrogen-bond donors (Lipinski definition) is 6. The molecule has 76 heavy (non-hydrogen) atoms. The van der Waals surface area contributed by atoms with Crippen molar-refractivity contribution >= 4 is 45.7 Å². The van der Waals surface area contributed by atoms with Crippen molar-refractivity contribution in [3.05, 3.63) is 101 Å². The van der Waals surface area contributed by atoms with Gasteiger partial charge in [0.05, 0.1) is 55.8 Å². The topological polar surface area (TPSA) is 187 Å². The van der Waals surface area contributed by atoms with Crippen molar-refractivity contribution in [1.29, 1.82) is 0 Å². The van der Waals surface area contributed by atoms with Crippen LogP contribution in [0.2, 0.25) is 0 Å². The zero-order valence-electron chi connectivity index (χ0n) is 43.9. The van der Waals surface area contributed by atoms with Gasteiger partial charge in [-0.3, -0.25) is 14.4 Å². The SMILES string of the molecule is COc1cc(C(=O)NCCCCCCCC(=O)NCc2ncc(COc3ccc4c(c3)N(C)[C@@H](C(C)C)C(=O)N[C@H](CO)C4)cn2)ccc1NCC#Cc1cc2c(N[C@@H]3CCN(C)C[C@@H]3F)cccc2n1CC(F)(F)F. The second-order valence-corrected chi connectivity index (χ2v) is 19.9. The van der Waals surface area contributed by atoms with Crippen LogP contribution in [0.3, 0.4) is 0 Å². The van der Waals surface area contributed by atoms with E-state index in [2.05, 4.69) is 48.4 Å². The first kappa shape index (κ1) is 56.6. The fourth-order valence-electron chi connectivity index (χ4n) is 9.68. The number of rotatable bonds is 22. The molecule has 16 nitrogen and oxygen atoms in total. The highest BCUT2D eigenvalue weighted by Gasteiger charge is 2.34. The number of likely N-dealkylation sites (tertiary alicyclic amines) is 1. The second kappa shape index (κ2) is 26.6. The maximum absolute atomic E-state index is 14.9. The monoisotopic (exact) mass is 1050 g/mol. The Labute approximate surface area is 441 Å². The summed E-state index contributed by atoms with van der Waals surface area (Å²) < 4.78 is 69.0. The molecule has 6 N–H and O–H groups in total. The molecule has 0 spiro atoms. The molecule has 0 bridgehead atoms. The summed E-state index contributed by atoms with van der Waals surface area (Å²) in [6.07, 6.45) is 3.25. The standard InChI is InChI=1S/C56H70F4N10O6/c1-36(2)53-55(74)66-40(33-71)25-38-17-19-42(28-49(38)69(53)4)76-34-37-29-63-51(64-30-37)31-65-52(72)16-9-7-6-8-10-22-62-54(73)39-18-20-47(50(26-39)75-5)61-23-12-13-41-27-43-45(67-46-21-24-68(3)32-44(46)57)14-11-15-48(43)70(41)35-56(58,59)60/h11,14-15,17-20,26-30,36,40,44,46,53,61,67,71H,6-10,16,21-25,31-35H2,1-5H3,(H,62,73)(H,65,72)(H,66,74)/t40-,44-,46+,53-/m0/s1. The van der Waals surface area contributed by atoms with Gasteiger partial charge in [-0.1, -0.05) is 51.2 Å². The Morgan fingerprint density at radius 2 is 1.75 bits per heavy atom. The Kier molecular flexibility index (Phi) is 19.8. The molecule has 7 rings (SSSR count). The van der Waals surface area contributed by atoms with Crippen LogP contribution >= 0.6 is 0 Å². The maximum atomic E-state index is 14.9. The van der Waals surface area contributed by atoms with Gasteiger partial charge >= 0.3 is 6.18 Å². The molecule has 0 unspecified atom stereocenters. The number of halogens is 4. The number of fused-ring (bicyclic) bond motifs is 2. The van der Waals surface area contributed by atoms with E-state index in [1.54, 1.807) is 54.9 Å². The molecular weight excluding hydrogens is 985 g/mol. The lowest BCUT2D eigenvalue weighted by molar-refractivity contribution is -0.140. The minimum absolute atomic E-state index is 0.0372. The number of ether oxygens (including phenoxy) is 2. The zero-order chi connectivity index (χ0) is 54.4. The highest BCUT2D eigenvalue weighted by atomic mass is 19.4. The predicted molar refractivity (Wildman–Crippen MR) is 285 cm³/mol. The van der Waals surface area contributed by atoms with Gasteiger partial charge in [0.25, 0.3) is 5.91 Å². The molecule has 408 valence electrons. The molecule has 1 fully saturated rings. The van der Waals surface area contributed by atoms with E-state index >= 15 is 0 Å². The van der Waals surface area contributed by atoms with E-state index in [0.29, 0.717) is 77.5 Å². The van der Waals surface area contributed by atoms with Gasteiger partial charge in [-0.15, -0.1) is 0 Å². The number of benzene rings is 3. The van der Waals surface area contributed by atoms with E-state index in [4.69, 9.17) is 9.47 Å². The minimum Gasteiger partial charge on any atom is -0.495 e. The Balaban J connectivity index is 0.786. The molecule has 4 heterocycles. The first-order chi connectivity index (χ1) is 36.5. The third-order valence-corrected chi connectivity index (χ3v) is 13.7. The van der Waals surface area contributed by atoms with Crippen molar-refractivity contribution in [3.63, 3.8) is 0 Å². The first-order valence-electron chi connectivity index (χ1n) is 25.9. The Bertz CT molecular complexity index is 2830. The molecule has 2 aliphatic rings. The number of methoxy groups -OCH3 is 1. The van der Waals surface area contributed by atoms with E-state index in [0.717, 1.165) is 53.5 Å². The van der Waals surface area contributed by atoms with Crippen molar-refractivity contribution in [2.24, 2.45) is 5.92 Å². The maximum Gasteiger partial charge on any atom is 0.406 e. The summed E-state index contributed by atoms with van der Waals surface area (Å²) in [5, 5.41) is 25.6. The number of likely N-dealkylation sites (N-methyl/N-ethyl adjacent to an activating group) is 1. The summed E-state index contributed by atoms with van der Waals surface area (Å²) in [5.74, 6) is 6.88. The number of anilines is 3. The van der Waals surface area contributed by atoms with Crippen LogP contribution in [-0.4, -0.2) is 127 Å². The van der Waals surface area contributed by atoms with E-state index < -0.39 is 31.0 Å². The number of aliphatic hydroxyl groups excluding tert-OH is 1. The number of nitrogens with one attached hydrogen (secondary N) is 5. The Morgan fingerprint density at radius 1 is 0.974 bits per heavy atom. The molecule has 3 amide bonds. The highest BCUT2D eigenvalue weighted by Crippen LogP contribution is 2.34.